The van der Waals surface area contributed by atoms with Gasteiger partial charge >= 0.3 is 0 Å². The zero-order valence-electron chi connectivity index (χ0n) is 16.1. The summed E-state index contributed by atoms with van der Waals surface area (Å²) in [6.07, 6.45) is 2.36. The van der Waals surface area contributed by atoms with Crippen LogP contribution in [0.5, 0.6) is 0 Å². The zero-order chi connectivity index (χ0) is 20.2. The molecule has 29 heavy (non-hydrogen) atoms. The van der Waals surface area contributed by atoms with Crippen molar-refractivity contribution < 1.29 is 9.59 Å². The molecule has 0 fully saturated rings. The topological polar surface area (TPSA) is 93.0 Å². The molecule has 2 heterocycles. The number of rotatable bonds is 5. The molecule has 8 nitrogen and oxygen atoms in total. The van der Waals surface area contributed by atoms with Crippen LogP contribution in [-0.2, 0) is 29.0 Å². The highest BCUT2D eigenvalue weighted by atomic mass is 16.2. The SMILES string of the molecule is CNC(=O)C1Cc2ccccc2CN1C(=O)C(Cc1ccccc1)n1cnnn1. The van der Waals surface area contributed by atoms with Crippen LogP contribution in [0.1, 0.15) is 22.7 Å². The molecule has 8 heteroatoms. The summed E-state index contributed by atoms with van der Waals surface area (Å²) in [6, 6.07) is 16.4. The summed E-state index contributed by atoms with van der Waals surface area (Å²) in [5.74, 6) is -0.354. The van der Waals surface area contributed by atoms with Crippen molar-refractivity contribution in [1.29, 1.82) is 0 Å². The van der Waals surface area contributed by atoms with Crippen molar-refractivity contribution in [1.82, 2.24) is 30.4 Å². The third kappa shape index (κ3) is 3.87. The lowest BCUT2D eigenvalue weighted by Crippen LogP contribution is -2.54. The minimum atomic E-state index is -0.634. The van der Waals surface area contributed by atoms with E-state index in [2.05, 4.69) is 20.8 Å². The second-order valence-corrected chi connectivity index (χ2v) is 7.06. The van der Waals surface area contributed by atoms with E-state index in [9.17, 15) is 9.59 Å². The predicted molar refractivity (Wildman–Crippen MR) is 106 cm³/mol. The van der Waals surface area contributed by atoms with Gasteiger partial charge in [0.1, 0.15) is 18.4 Å². The van der Waals surface area contributed by atoms with E-state index in [-0.39, 0.29) is 11.8 Å². The number of hydrogen-bond donors (Lipinski definition) is 1. The molecule has 0 bridgehead atoms. The number of aromatic nitrogens is 4. The van der Waals surface area contributed by atoms with Crippen molar-refractivity contribution in [3.63, 3.8) is 0 Å². The second-order valence-electron chi connectivity index (χ2n) is 7.06. The molecular weight excluding hydrogens is 368 g/mol. The fourth-order valence-corrected chi connectivity index (χ4v) is 3.79. The summed E-state index contributed by atoms with van der Waals surface area (Å²) in [5, 5.41) is 14.1. The molecule has 1 N–H and O–H groups in total. The maximum Gasteiger partial charge on any atom is 0.248 e. The van der Waals surface area contributed by atoms with Gasteiger partial charge in [0.05, 0.1) is 0 Å². The summed E-state index contributed by atoms with van der Waals surface area (Å²) in [7, 11) is 1.59. The normalized spacial score (nSPS) is 16.7. The molecule has 2 unspecified atom stereocenters. The maximum atomic E-state index is 13.7. The minimum absolute atomic E-state index is 0.177. The van der Waals surface area contributed by atoms with Gasteiger partial charge in [-0.3, -0.25) is 9.59 Å². The Morgan fingerprint density at radius 1 is 1.10 bits per heavy atom. The Balaban J connectivity index is 1.68. The standard InChI is InChI=1S/C21H22N6O2/c1-22-20(28)18-12-16-9-5-6-10-17(16)13-26(18)21(29)19(27-14-23-24-25-27)11-15-7-3-2-4-8-15/h2-10,14,18-19H,11-13H2,1H3,(H,22,28). The van der Waals surface area contributed by atoms with E-state index in [1.54, 1.807) is 11.9 Å². The number of tetrazole rings is 1. The molecule has 4 rings (SSSR count). The van der Waals surface area contributed by atoms with Crippen LogP contribution in [0.4, 0.5) is 0 Å². The van der Waals surface area contributed by atoms with Gasteiger partial charge in [-0.25, -0.2) is 4.68 Å². The minimum Gasteiger partial charge on any atom is -0.357 e. The van der Waals surface area contributed by atoms with Gasteiger partial charge in [0.25, 0.3) is 0 Å². The molecule has 0 saturated carbocycles. The fraction of sp³-hybridized carbons (Fsp3) is 0.286. The molecule has 0 aliphatic carbocycles. The summed E-state index contributed by atoms with van der Waals surface area (Å²) < 4.78 is 1.47. The van der Waals surface area contributed by atoms with Gasteiger partial charge in [-0.1, -0.05) is 54.6 Å². The van der Waals surface area contributed by atoms with Gasteiger partial charge in [0.15, 0.2) is 0 Å². The number of fused-ring (bicyclic) bond motifs is 1. The lowest BCUT2D eigenvalue weighted by Gasteiger charge is -2.37. The largest absolute Gasteiger partial charge is 0.357 e. The highest BCUT2D eigenvalue weighted by molar-refractivity contribution is 5.90. The maximum absolute atomic E-state index is 13.7. The Morgan fingerprint density at radius 3 is 2.52 bits per heavy atom. The van der Waals surface area contributed by atoms with Gasteiger partial charge in [-0.2, -0.15) is 0 Å². The number of nitrogens with zero attached hydrogens (tertiary/aromatic N) is 5. The van der Waals surface area contributed by atoms with Gasteiger partial charge in [-0.15, -0.1) is 5.10 Å². The Labute approximate surface area is 168 Å². The van der Waals surface area contributed by atoms with E-state index < -0.39 is 12.1 Å². The van der Waals surface area contributed by atoms with E-state index >= 15 is 0 Å². The Kier molecular flexibility index (Phi) is 5.33. The number of carbonyl (C=O) groups is 2. The third-order valence-electron chi connectivity index (χ3n) is 5.32. The predicted octanol–water partition coefficient (Wildman–Crippen LogP) is 1.16. The molecule has 2 atom stereocenters. The molecule has 0 radical (unpaired) electrons. The molecule has 3 aromatic rings. The molecule has 148 valence electrons. The number of nitrogens with one attached hydrogen (secondary N) is 1. The van der Waals surface area contributed by atoms with E-state index in [4.69, 9.17) is 0 Å². The summed E-state index contributed by atoms with van der Waals surface area (Å²) in [4.78, 5) is 27.9. The number of hydrogen-bond acceptors (Lipinski definition) is 5. The van der Waals surface area contributed by atoms with Gasteiger partial charge in [0, 0.05) is 26.4 Å². The zero-order valence-corrected chi connectivity index (χ0v) is 16.1. The van der Waals surface area contributed by atoms with E-state index in [0.717, 1.165) is 16.7 Å². The van der Waals surface area contributed by atoms with Crippen LogP contribution in [0.15, 0.2) is 60.9 Å². The van der Waals surface area contributed by atoms with Crippen molar-refractivity contribution >= 4 is 11.8 Å². The highest BCUT2D eigenvalue weighted by Crippen LogP contribution is 2.27. The van der Waals surface area contributed by atoms with E-state index in [0.29, 0.717) is 19.4 Å². The van der Waals surface area contributed by atoms with Crippen molar-refractivity contribution in [2.75, 3.05) is 7.05 Å². The first-order valence-corrected chi connectivity index (χ1v) is 9.52. The second kappa shape index (κ2) is 8.22. The Morgan fingerprint density at radius 2 is 1.83 bits per heavy atom. The number of benzene rings is 2. The van der Waals surface area contributed by atoms with Crippen molar-refractivity contribution in [3.8, 4) is 0 Å². The van der Waals surface area contributed by atoms with Crippen LogP contribution in [0, 0.1) is 0 Å². The number of carbonyl (C=O) groups excluding carboxylic acids is 2. The molecular formula is C21H22N6O2. The quantitative estimate of drug-likeness (QED) is 0.706. The Bertz CT molecular complexity index is 989. The average molecular weight is 390 g/mol. The van der Waals surface area contributed by atoms with Crippen LogP contribution < -0.4 is 5.32 Å². The molecule has 0 saturated heterocycles. The third-order valence-corrected chi connectivity index (χ3v) is 5.32. The number of amides is 2. The van der Waals surface area contributed by atoms with Crippen molar-refractivity contribution in [2.45, 2.75) is 31.5 Å². The number of likely N-dealkylation sites (N-methyl/N-ethyl adjacent to an activating group) is 1. The molecule has 1 aliphatic heterocycles. The molecule has 0 spiro atoms. The van der Waals surface area contributed by atoms with Crippen LogP contribution in [0.3, 0.4) is 0 Å². The summed E-state index contributed by atoms with van der Waals surface area (Å²) in [6.45, 7) is 0.376. The van der Waals surface area contributed by atoms with Crippen molar-refractivity contribution in [3.05, 3.63) is 77.6 Å². The molecule has 1 aliphatic rings. The summed E-state index contributed by atoms with van der Waals surface area (Å²) in [5.41, 5.74) is 3.14. The van der Waals surface area contributed by atoms with E-state index in [1.165, 1.54) is 11.0 Å². The van der Waals surface area contributed by atoms with Gasteiger partial charge in [0.2, 0.25) is 11.8 Å². The fourth-order valence-electron chi connectivity index (χ4n) is 3.79. The lowest BCUT2D eigenvalue weighted by molar-refractivity contribution is -0.144. The van der Waals surface area contributed by atoms with Crippen LogP contribution in [-0.4, -0.2) is 50.0 Å². The van der Waals surface area contributed by atoms with Gasteiger partial charge in [-0.05, 0) is 27.1 Å². The Hall–Kier alpha value is -3.55. The van der Waals surface area contributed by atoms with E-state index in [1.807, 2.05) is 54.6 Å². The first-order chi connectivity index (χ1) is 14.2. The van der Waals surface area contributed by atoms with Crippen LogP contribution in [0.25, 0.3) is 0 Å². The summed E-state index contributed by atoms with van der Waals surface area (Å²) >= 11 is 0. The van der Waals surface area contributed by atoms with Gasteiger partial charge < -0.3 is 10.2 Å². The molecule has 1 aromatic heterocycles. The molecule has 2 amide bonds. The first-order valence-electron chi connectivity index (χ1n) is 9.52. The monoisotopic (exact) mass is 390 g/mol. The lowest BCUT2D eigenvalue weighted by atomic mass is 9.92. The van der Waals surface area contributed by atoms with Crippen molar-refractivity contribution in [2.24, 2.45) is 0 Å². The van der Waals surface area contributed by atoms with Crippen LogP contribution in [0.2, 0.25) is 0 Å². The first kappa shape index (κ1) is 18.8. The average Bonchev–Trinajstić information content (AvgIpc) is 3.31. The smallest absolute Gasteiger partial charge is 0.248 e. The molecule has 2 aromatic carbocycles. The highest BCUT2D eigenvalue weighted by Gasteiger charge is 2.38. The van der Waals surface area contributed by atoms with Crippen LogP contribution >= 0.6 is 0 Å².